The summed E-state index contributed by atoms with van der Waals surface area (Å²) in [5.41, 5.74) is 0.721. The average Bonchev–Trinajstić information content (AvgIpc) is 2.92. The van der Waals surface area contributed by atoms with Gasteiger partial charge in [0.05, 0.1) is 11.0 Å². The smallest absolute Gasteiger partial charge is 0.287 e. The molecule has 0 aliphatic heterocycles. The highest BCUT2D eigenvalue weighted by Gasteiger charge is 2.14. The van der Waals surface area contributed by atoms with Crippen molar-refractivity contribution in [1.82, 2.24) is 19.6 Å². The zero-order valence-electron chi connectivity index (χ0n) is 11.2. The lowest BCUT2D eigenvalue weighted by atomic mass is 10.3. The van der Waals surface area contributed by atoms with E-state index in [1.54, 1.807) is 6.07 Å². The van der Waals surface area contributed by atoms with Crippen molar-refractivity contribution in [3.05, 3.63) is 58.7 Å². The summed E-state index contributed by atoms with van der Waals surface area (Å²) in [5, 5.41) is 22.0. The third kappa shape index (κ3) is 2.50. The lowest BCUT2D eigenvalue weighted by molar-refractivity contribution is -0.385. The molecular formula is C13H12N6O2. The van der Waals surface area contributed by atoms with Crippen LogP contribution in [0.3, 0.4) is 0 Å². The number of aromatic nitrogens is 4. The molecule has 0 aliphatic carbocycles. The minimum Gasteiger partial charge on any atom is -0.360 e. The van der Waals surface area contributed by atoms with Crippen LogP contribution >= 0.6 is 0 Å². The van der Waals surface area contributed by atoms with Gasteiger partial charge in [0, 0.05) is 12.3 Å². The van der Waals surface area contributed by atoms with E-state index in [1.807, 2.05) is 35.7 Å². The second kappa shape index (κ2) is 5.16. The van der Waals surface area contributed by atoms with Gasteiger partial charge in [0.1, 0.15) is 12.0 Å². The van der Waals surface area contributed by atoms with Crippen molar-refractivity contribution in [2.75, 3.05) is 5.32 Å². The highest BCUT2D eigenvalue weighted by Crippen LogP contribution is 2.18. The fourth-order valence-electron chi connectivity index (χ4n) is 2.02. The molecule has 0 spiro atoms. The standard InChI is InChI=1S/C13H12N6O2/c1-9(13-17-16-12-4-2-3-7-18(12)13)15-11-6-5-10(8-14-11)19(20)21/h2-9H,1H3,(H,14,15). The molecule has 3 rings (SSSR count). The molecule has 3 aromatic rings. The fraction of sp³-hybridized carbons (Fsp3) is 0.154. The van der Waals surface area contributed by atoms with Gasteiger partial charge >= 0.3 is 0 Å². The molecule has 0 saturated carbocycles. The van der Waals surface area contributed by atoms with Gasteiger partial charge < -0.3 is 5.32 Å². The lowest BCUT2D eigenvalue weighted by Gasteiger charge is -2.12. The van der Waals surface area contributed by atoms with Crippen molar-refractivity contribution in [3.63, 3.8) is 0 Å². The van der Waals surface area contributed by atoms with Crippen molar-refractivity contribution >= 4 is 17.2 Å². The summed E-state index contributed by atoms with van der Waals surface area (Å²) in [6, 6.07) is 8.49. The monoisotopic (exact) mass is 284 g/mol. The van der Waals surface area contributed by atoms with E-state index in [-0.39, 0.29) is 11.7 Å². The number of hydrogen-bond donors (Lipinski definition) is 1. The molecule has 1 atom stereocenters. The number of nitrogens with one attached hydrogen (secondary N) is 1. The van der Waals surface area contributed by atoms with Gasteiger partial charge in [-0.1, -0.05) is 6.07 Å². The quantitative estimate of drug-likeness (QED) is 0.582. The Morgan fingerprint density at radius 2 is 2.14 bits per heavy atom. The topological polar surface area (TPSA) is 98.2 Å². The van der Waals surface area contributed by atoms with E-state index in [9.17, 15) is 10.1 Å². The van der Waals surface area contributed by atoms with Gasteiger partial charge in [-0.15, -0.1) is 10.2 Å². The van der Waals surface area contributed by atoms with Crippen molar-refractivity contribution in [2.45, 2.75) is 13.0 Å². The first kappa shape index (κ1) is 13.0. The van der Waals surface area contributed by atoms with Crippen molar-refractivity contribution in [3.8, 4) is 0 Å². The summed E-state index contributed by atoms with van der Waals surface area (Å²) in [5.74, 6) is 1.28. The summed E-state index contributed by atoms with van der Waals surface area (Å²) >= 11 is 0. The van der Waals surface area contributed by atoms with Gasteiger partial charge in [0.2, 0.25) is 0 Å². The predicted octanol–water partition coefficient (Wildman–Crippen LogP) is 2.21. The molecule has 21 heavy (non-hydrogen) atoms. The summed E-state index contributed by atoms with van der Waals surface area (Å²) in [4.78, 5) is 14.1. The third-order valence-electron chi connectivity index (χ3n) is 3.05. The molecule has 0 amide bonds. The van der Waals surface area contributed by atoms with Crippen LogP contribution in [-0.4, -0.2) is 24.5 Å². The number of fused-ring (bicyclic) bond motifs is 1. The highest BCUT2D eigenvalue weighted by atomic mass is 16.6. The van der Waals surface area contributed by atoms with Crippen LogP contribution in [0, 0.1) is 10.1 Å². The van der Waals surface area contributed by atoms with E-state index in [1.165, 1.54) is 12.3 Å². The second-order valence-corrected chi connectivity index (χ2v) is 4.51. The normalized spacial score (nSPS) is 12.2. The number of nitro groups is 1. The Hall–Kier alpha value is -3.03. The minimum atomic E-state index is -0.480. The third-order valence-corrected chi connectivity index (χ3v) is 3.05. The fourth-order valence-corrected chi connectivity index (χ4v) is 2.02. The van der Waals surface area contributed by atoms with Gasteiger partial charge in [-0.25, -0.2) is 4.98 Å². The molecule has 1 N–H and O–H groups in total. The van der Waals surface area contributed by atoms with Crippen LogP contribution < -0.4 is 5.32 Å². The minimum absolute atomic E-state index is 0.0406. The van der Waals surface area contributed by atoms with Gasteiger partial charge in [0.25, 0.3) is 5.69 Å². The first-order valence-electron chi connectivity index (χ1n) is 6.32. The molecule has 0 saturated heterocycles. The molecule has 0 fully saturated rings. The van der Waals surface area contributed by atoms with Gasteiger partial charge in [-0.2, -0.15) is 0 Å². The Balaban J connectivity index is 1.82. The molecule has 0 bridgehead atoms. The Kier molecular flexibility index (Phi) is 3.19. The summed E-state index contributed by atoms with van der Waals surface area (Å²) < 4.78 is 1.88. The molecule has 1 unspecified atom stereocenters. The molecule has 106 valence electrons. The van der Waals surface area contributed by atoms with Crippen LogP contribution in [0.2, 0.25) is 0 Å². The Bertz CT molecular complexity index is 783. The van der Waals surface area contributed by atoms with Crippen LogP contribution in [-0.2, 0) is 0 Å². The second-order valence-electron chi connectivity index (χ2n) is 4.51. The number of nitrogens with zero attached hydrogens (tertiary/aromatic N) is 5. The average molecular weight is 284 g/mol. The summed E-state index contributed by atoms with van der Waals surface area (Å²) in [7, 11) is 0. The van der Waals surface area contributed by atoms with Gasteiger partial charge in [0.15, 0.2) is 11.5 Å². The van der Waals surface area contributed by atoms with E-state index in [0.717, 1.165) is 11.5 Å². The molecule has 8 nitrogen and oxygen atoms in total. The van der Waals surface area contributed by atoms with Crippen LogP contribution in [0.25, 0.3) is 5.65 Å². The maximum absolute atomic E-state index is 10.6. The molecular weight excluding hydrogens is 272 g/mol. The van der Waals surface area contributed by atoms with Crippen LogP contribution in [0.5, 0.6) is 0 Å². The maximum Gasteiger partial charge on any atom is 0.287 e. The van der Waals surface area contributed by atoms with Crippen molar-refractivity contribution in [2.24, 2.45) is 0 Å². The summed E-state index contributed by atoms with van der Waals surface area (Å²) in [6.45, 7) is 1.92. The SMILES string of the molecule is CC(Nc1ccc([N+](=O)[O-])cn1)c1nnc2ccccn12. The first-order chi connectivity index (χ1) is 10.1. The molecule has 0 aliphatic rings. The van der Waals surface area contributed by atoms with Crippen LogP contribution in [0.4, 0.5) is 11.5 Å². The van der Waals surface area contributed by atoms with Gasteiger partial charge in [-0.05, 0) is 25.1 Å². The molecule has 8 heteroatoms. The van der Waals surface area contributed by atoms with Crippen LogP contribution in [0.15, 0.2) is 42.7 Å². The van der Waals surface area contributed by atoms with Gasteiger partial charge in [-0.3, -0.25) is 14.5 Å². The molecule has 0 aromatic carbocycles. The molecule has 0 radical (unpaired) electrons. The van der Waals surface area contributed by atoms with Crippen molar-refractivity contribution < 1.29 is 4.92 Å². The van der Waals surface area contributed by atoms with E-state index in [2.05, 4.69) is 20.5 Å². The van der Waals surface area contributed by atoms with Crippen LogP contribution in [0.1, 0.15) is 18.8 Å². The van der Waals surface area contributed by atoms with E-state index >= 15 is 0 Å². The number of anilines is 1. The zero-order valence-corrected chi connectivity index (χ0v) is 11.2. The van der Waals surface area contributed by atoms with E-state index in [0.29, 0.717) is 5.82 Å². The number of pyridine rings is 2. The zero-order chi connectivity index (χ0) is 14.8. The predicted molar refractivity (Wildman–Crippen MR) is 75.9 cm³/mol. The summed E-state index contributed by atoms with van der Waals surface area (Å²) in [6.07, 6.45) is 3.10. The molecule has 3 heterocycles. The Morgan fingerprint density at radius 1 is 1.29 bits per heavy atom. The van der Waals surface area contributed by atoms with E-state index < -0.39 is 4.92 Å². The van der Waals surface area contributed by atoms with E-state index in [4.69, 9.17) is 0 Å². The highest BCUT2D eigenvalue weighted by molar-refractivity contribution is 5.43. The first-order valence-corrected chi connectivity index (χ1v) is 6.32. The Labute approximate surface area is 119 Å². The Morgan fingerprint density at radius 3 is 2.86 bits per heavy atom. The lowest BCUT2D eigenvalue weighted by Crippen LogP contribution is -2.11. The molecule has 3 aromatic heterocycles. The maximum atomic E-state index is 10.6. The largest absolute Gasteiger partial charge is 0.360 e. The number of rotatable bonds is 4. The van der Waals surface area contributed by atoms with Crippen molar-refractivity contribution in [1.29, 1.82) is 0 Å². The number of hydrogen-bond acceptors (Lipinski definition) is 6.